The van der Waals surface area contributed by atoms with Crippen molar-refractivity contribution in [2.24, 2.45) is 0 Å². The number of aromatic nitrogens is 2. The lowest BCUT2D eigenvalue weighted by Crippen LogP contribution is -2.59. The Labute approximate surface area is 186 Å². The third kappa shape index (κ3) is 4.18. The fourth-order valence-electron chi connectivity index (χ4n) is 4.92. The Morgan fingerprint density at radius 3 is 2.59 bits per heavy atom. The van der Waals surface area contributed by atoms with Crippen LogP contribution >= 0.6 is 0 Å². The lowest BCUT2D eigenvalue weighted by molar-refractivity contribution is -0.141. The maximum atomic E-state index is 14.6. The number of aromatic amines is 1. The maximum absolute atomic E-state index is 14.6. The number of halogens is 1. The molecule has 0 radical (unpaired) electrons. The second-order valence-corrected chi connectivity index (χ2v) is 9.01. The molecule has 32 heavy (non-hydrogen) atoms. The predicted octanol–water partition coefficient (Wildman–Crippen LogP) is 2.73. The molecule has 2 amide bonds. The molecule has 7 nitrogen and oxygen atoms in total. The van der Waals surface area contributed by atoms with E-state index in [0.29, 0.717) is 29.8 Å². The molecule has 2 aromatic rings. The molecule has 1 saturated carbocycles. The van der Waals surface area contributed by atoms with Gasteiger partial charge in [-0.3, -0.25) is 14.4 Å². The number of H-pyrrole nitrogens is 1. The lowest BCUT2D eigenvalue weighted by atomic mass is 10.0. The van der Waals surface area contributed by atoms with E-state index in [1.54, 1.807) is 13.0 Å². The van der Waals surface area contributed by atoms with Gasteiger partial charge < -0.3 is 9.80 Å². The molecule has 2 fully saturated rings. The molecule has 1 aliphatic heterocycles. The first-order chi connectivity index (χ1) is 15.3. The van der Waals surface area contributed by atoms with Crippen LogP contribution in [-0.2, 0) is 11.2 Å². The summed E-state index contributed by atoms with van der Waals surface area (Å²) in [6.07, 6.45) is 4.64. The smallest absolute Gasteiger partial charge is 0.267 e. The predicted molar refractivity (Wildman–Crippen MR) is 118 cm³/mol. The molecule has 1 aromatic heterocycles. The Hall–Kier alpha value is -3.03. The van der Waals surface area contributed by atoms with Crippen molar-refractivity contribution in [2.45, 2.75) is 65.0 Å². The van der Waals surface area contributed by atoms with Gasteiger partial charge >= 0.3 is 0 Å². The zero-order valence-corrected chi connectivity index (χ0v) is 18.8. The average Bonchev–Trinajstić information content (AvgIpc) is 3.28. The Morgan fingerprint density at radius 2 is 1.91 bits per heavy atom. The van der Waals surface area contributed by atoms with Gasteiger partial charge in [-0.05, 0) is 56.9 Å². The van der Waals surface area contributed by atoms with Gasteiger partial charge in [0.2, 0.25) is 5.91 Å². The van der Waals surface area contributed by atoms with Gasteiger partial charge in [0.15, 0.2) is 0 Å². The van der Waals surface area contributed by atoms with Gasteiger partial charge in [0, 0.05) is 30.6 Å². The number of piperazine rings is 1. The Bertz CT molecular complexity index is 1110. The monoisotopic (exact) mass is 440 g/mol. The first-order valence-corrected chi connectivity index (χ1v) is 11.2. The zero-order valence-electron chi connectivity index (χ0n) is 18.8. The molecule has 1 atom stereocenters. The molecular formula is C24H29FN4O3. The SMILES string of the molecule is Cc1c(Cc2ccc(F)c(C(=O)N3CC(=O)N(C4CCCC4)[C@H](C)C3)c2)n[nH]c(=O)c1C. The summed E-state index contributed by atoms with van der Waals surface area (Å²) < 4.78 is 14.6. The third-order valence-electron chi connectivity index (χ3n) is 6.84. The van der Waals surface area contributed by atoms with Crippen LogP contribution < -0.4 is 5.56 Å². The van der Waals surface area contributed by atoms with Gasteiger partial charge in [-0.25, -0.2) is 9.49 Å². The maximum Gasteiger partial charge on any atom is 0.267 e. The minimum Gasteiger partial charge on any atom is -0.334 e. The van der Waals surface area contributed by atoms with Crippen molar-refractivity contribution < 1.29 is 14.0 Å². The number of hydrogen-bond acceptors (Lipinski definition) is 4. The quantitative estimate of drug-likeness (QED) is 0.792. The molecule has 1 aliphatic carbocycles. The Balaban J connectivity index is 1.54. The van der Waals surface area contributed by atoms with Gasteiger partial charge in [-0.15, -0.1) is 0 Å². The zero-order chi connectivity index (χ0) is 23.0. The van der Waals surface area contributed by atoms with Crippen LogP contribution in [0.4, 0.5) is 4.39 Å². The van der Waals surface area contributed by atoms with Crippen LogP contribution in [0.3, 0.4) is 0 Å². The first-order valence-electron chi connectivity index (χ1n) is 11.2. The van der Waals surface area contributed by atoms with Gasteiger partial charge in [-0.1, -0.05) is 18.9 Å². The van der Waals surface area contributed by atoms with Crippen molar-refractivity contribution in [2.75, 3.05) is 13.1 Å². The number of nitrogens with one attached hydrogen (secondary N) is 1. The summed E-state index contributed by atoms with van der Waals surface area (Å²) in [6, 6.07) is 4.57. The minimum absolute atomic E-state index is 0.0247. The molecule has 1 N–H and O–H groups in total. The van der Waals surface area contributed by atoms with E-state index in [0.717, 1.165) is 31.2 Å². The molecule has 0 spiro atoms. The third-order valence-corrected chi connectivity index (χ3v) is 6.84. The normalized spacial score (nSPS) is 19.6. The summed E-state index contributed by atoms with van der Waals surface area (Å²) in [6.45, 7) is 5.87. The molecule has 170 valence electrons. The van der Waals surface area contributed by atoms with E-state index in [-0.39, 0.29) is 35.7 Å². The van der Waals surface area contributed by atoms with Gasteiger partial charge in [-0.2, -0.15) is 5.10 Å². The van der Waals surface area contributed by atoms with Gasteiger partial charge in [0.25, 0.3) is 11.5 Å². The van der Waals surface area contributed by atoms with Crippen LogP contribution in [0.15, 0.2) is 23.0 Å². The van der Waals surface area contributed by atoms with Crippen LogP contribution in [0.1, 0.15) is 65.3 Å². The topological polar surface area (TPSA) is 86.4 Å². The second kappa shape index (κ2) is 8.84. The Morgan fingerprint density at radius 1 is 1.19 bits per heavy atom. The van der Waals surface area contributed by atoms with Crippen LogP contribution in [0, 0.1) is 19.7 Å². The number of carbonyl (C=O) groups is 2. The number of nitrogens with zero attached hydrogens (tertiary/aromatic N) is 3. The molecule has 2 heterocycles. The van der Waals surface area contributed by atoms with E-state index in [9.17, 15) is 18.8 Å². The lowest BCUT2D eigenvalue weighted by Gasteiger charge is -2.42. The van der Waals surface area contributed by atoms with Gasteiger partial charge in [0.05, 0.1) is 11.3 Å². The highest BCUT2D eigenvalue weighted by Crippen LogP contribution is 2.28. The van der Waals surface area contributed by atoms with Crippen molar-refractivity contribution in [3.05, 3.63) is 62.3 Å². The molecule has 0 unspecified atom stereocenters. The number of carbonyl (C=O) groups excluding carboxylic acids is 2. The van der Waals surface area contributed by atoms with Crippen molar-refractivity contribution >= 4 is 11.8 Å². The standard InChI is InChI=1S/C24H29FN4O3/c1-14-12-28(13-22(30)29(14)18-6-4-5-7-18)24(32)19-10-17(8-9-20(19)25)11-21-15(2)16(3)23(31)27-26-21/h8-10,14,18H,4-7,11-13H2,1-3H3,(H,27,31)/t14-/m1/s1. The van der Waals surface area contributed by atoms with E-state index in [2.05, 4.69) is 10.2 Å². The highest BCUT2D eigenvalue weighted by atomic mass is 19.1. The van der Waals surface area contributed by atoms with E-state index in [1.165, 1.54) is 17.0 Å². The highest BCUT2D eigenvalue weighted by Gasteiger charge is 2.38. The van der Waals surface area contributed by atoms with Crippen molar-refractivity contribution in [3.8, 4) is 0 Å². The summed E-state index contributed by atoms with van der Waals surface area (Å²) in [4.78, 5) is 41.1. The van der Waals surface area contributed by atoms with E-state index >= 15 is 0 Å². The van der Waals surface area contributed by atoms with Crippen LogP contribution in [0.25, 0.3) is 0 Å². The molecular weight excluding hydrogens is 411 g/mol. The summed E-state index contributed by atoms with van der Waals surface area (Å²) in [5, 5.41) is 6.58. The van der Waals surface area contributed by atoms with Gasteiger partial charge in [0.1, 0.15) is 12.4 Å². The Kier molecular flexibility index (Phi) is 6.13. The summed E-state index contributed by atoms with van der Waals surface area (Å²) in [7, 11) is 0. The van der Waals surface area contributed by atoms with Crippen molar-refractivity contribution in [3.63, 3.8) is 0 Å². The molecule has 0 bridgehead atoms. The summed E-state index contributed by atoms with van der Waals surface area (Å²) >= 11 is 0. The number of amides is 2. The largest absolute Gasteiger partial charge is 0.334 e. The van der Waals surface area contributed by atoms with E-state index in [4.69, 9.17) is 0 Å². The highest BCUT2D eigenvalue weighted by molar-refractivity contribution is 5.97. The molecule has 4 rings (SSSR count). The molecule has 2 aliphatic rings. The molecule has 1 aromatic carbocycles. The minimum atomic E-state index is -0.612. The van der Waals surface area contributed by atoms with Crippen LogP contribution in [0.2, 0.25) is 0 Å². The average molecular weight is 441 g/mol. The van der Waals surface area contributed by atoms with Crippen molar-refractivity contribution in [1.29, 1.82) is 0 Å². The van der Waals surface area contributed by atoms with Crippen LogP contribution in [0.5, 0.6) is 0 Å². The summed E-state index contributed by atoms with van der Waals surface area (Å²) in [5.41, 5.74) is 2.45. The number of benzene rings is 1. The number of hydrogen-bond donors (Lipinski definition) is 1. The molecule has 1 saturated heterocycles. The fourth-order valence-corrected chi connectivity index (χ4v) is 4.92. The molecule has 8 heteroatoms. The second-order valence-electron chi connectivity index (χ2n) is 9.01. The van der Waals surface area contributed by atoms with E-state index < -0.39 is 11.7 Å². The number of rotatable bonds is 4. The first kappa shape index (κ1) is 22.2. The van der Waals surface area contributed by atoms with Crippen molar-refractivity contribution in [1.82, 2.24) is 20.0 Å². The van der Waals surface area contributed by atoms with E-state index in [1.807, 2.05) is 18.7 Å². The fraction of sp³-hybridized carbons (Fsp3) is 0.500. The van der Waals surface area contributed by atoms with Crippen LogP contribution in [-0.4, -0.2) is 57.0 Å². The summed E-state index contributed by atoms with van der Waals surface area (Å²) in [5.74, 6) is -1.15.